The number of halogens is 1. The first-order valence-corrected chi connectivity index (χ1v) is 9.95. The molecule has 0 bridgehead atoms. The molecule has 0 aliphatic carbocycles. The number of non-ortho nitro benzene ring substituents is 1. The van der Waals surface area contributed by atoms with Gasteiger partial charge in [-0.15, -0.1) is 11.3 Å². The number of nitro benzene ring substituents is 1. The number of aryl methyl sites for hydroxylation is 1. The van der Waals surface area contributed by atoms with E-state index in [0.717, 1.165) is 27.0 Å². The van der Waals surface area contributed by atoms with Gasteiger partial charge in [0.15, 0.2) is 0 Å². The van der Waals surface area contributed by atoms with Gasteiger partial charge in [0.05, 0.1) is 22.0 Å². The summed E-state index contributed by atoms with van der Waals surface area (Å²) in [7, 11) is 0. The molecule has 0 radical (unpaired) electrons. The Hall–Kier alpha value is -3.59. The number of carbonyl (C=O) groups excluding carboxylic acids is 1. The lowest BCUT2D eigenvalue weighted by Gasteiger charge is -2.04. The maximum Gasteiger partial charge on any atom is 0.269 e. The van der Waals surface area contributed by atoms with Crippen molar-refractivity contribution < 1.29 is 14.1 Å². The van der Waals surface area contributed by atoms with Gasteiger partial charge in [0.2, 0.25) is 0 Å². The minimum Gasteiger partial charge on any atom is -0.347 e. The SMILES string of the molecule is Cc1nn(Cc2ccc(F)cc2)c2sc(C(=O)NCc3ccc([N+](=O)[O-])cc3)cc12. The van der Waals surface area contributed by atoms with Gasteiger partial charge in [-0.1, -0.05) is 24.3 Å². The summed E-state index contributed by atoms with van der Waals surface area (Å²) in [5.41, 5.74) is 2.51. The second kappa shape index (κ2) is 8.03. The molecule has 7 nitrogen and oxygen atoms in total. The van der Waals surface area contributed by atoms with Crippen molar-refractivity contribution in [1.82, 2.24) is 15.1 Å². The topological polar surface area (TPSA) is 90.1 Å². The predicted octanol–water partition coefficient (Wildman–Crippen LogP) is 4.43. The number of nitrogens with one attached hydrogen (secondary N) is 1. The number of aromatic nitrogens is 2. The van der Waals surface area contributed by atoms with E-state index in [2.05, 4.69) is 10.4 Å². The summed E-state index contributed by atoms with van der Waals surface area (Å²) in [6.07, 6.45) is 0. The van der Waals surface area contributed by atoms with Crippen LogP contribution in [0.1, 0.15) is 26.5 Å². The lowest BCUT2D eigenvalue weighted by Crippen LogP contribution is -2.21. The second-order valence-corrected chi connectivity index (χ2v) is 7.84. The van der Waals surface area contributed by atoms with Crippen molar-refractivity contribution in [2.75, 3.05) is 0 Å². The third kappa shape index (κ3) is 4.06. The highest BCUT2D eigenvalue weighted by atomic mass is 32.1. The fraction of sp³-hybridized carbons (Fsp3) is 0.143. The summed E-state index contributed by atoms with van der Waals surface area (Å²) >= 11 is 1.34. The van der Waals surface area contributed by atoms with E-state index < -0.39 is 4.92 Å². The van der Waals surface area contributed by atoms with Crippen LogP contribution in [0, 0.1) is 22.9 Å². The van der Waals surface area contributed by atoms with Gasteiger partial charge in [0.25, 0.3) is 11.6 Å². The van der Waals surface area contributed by atoms with E-state index in [9.17, 15) is 19.3 Å². The van der Waals surface area contributed by atoms with Crippen LogP contribution in [-0.2, 0) is 13.1 Å². The summed E-state index contributed by atoms with van der Waals surface area (Å²) in [6.45, 7) is 2.63. The number of rotatable bonds is 6. The first-order valence-electron chi connectivity index (χ1n) is 9.13. The summed E-state index contributed by atoms with van der Waals surface area (Å²) in [5, 5.41) is 19.0. The molecular formula is C21H17FN4O3S. The van der Waals surface area contributed by atoms with Crippen molar-refractivity contribution >= 4 is 33.1 Å². The van der Waals surface area contributed by atoms with Crippen LogP contribution >= 0.6 is 11.3 Å². The summed E-state index contributed by atoms with van der Waals surface area (Å²) in [5.74, 6) is -0.508. The number of amides is 1. The van der Waals surface area contributed by atoms with E-state index in [1.165, 1.54) is 35.6 Å². The summed E-state index contributed by atoms with van der Waals surface area (Å²) in [6, 6.07) is 14.1. The van der Waals surface area contributed by atoms with Crippen LogP contribution in [0.15, 0.2) is 54.6 Å². The van der Waals surface area contributed by atoms with Crippen LogP contribution in [-0.4, -0.2) is 20.6 Å². The van der Waals surface area contributed by atoms with Gasteiger partial charge in [-0.2, -0.15) is 5.10 Å². The minimum absolute atomic E-state index is 0.00997. The first-order chi connectivity index (χ1) is 14.4. The highest BCUT2D eigenvalue weighted by molar-refractivity contribution is 7.20. The fourth-order valence-corrected chi connectivity index (χ4v) is 4.18. The monoisotopic (exact) mass is 424 g/mol. The van der Waals surface area contributed by atoms with Crippen LogP contribution < -0.4 is 5.32 Å². The molecule has 152 valence electrons. The fourth-order valence-electron chi connectivity index (χ4n) is 3.10. The normalized spacial score (nSPS) is 11.0. The zero-order valence-electron chi connectivity index (χ0n) is 16.0. The first kappa shape index (κ1) is 19.7. The van der Waals surface area contributed by atoms with Crippen molar-refractivity contribution in [2.45, 2.75) is 20.0 Å². The molecule has 0 unspecified atom stereocenters. The number of thiophene rings is 1. The molecule has 2 heterocycles. The van der Waals surface area contributed by atoms with Crippen molar-refractivity contribution in [3.63, 3.8) is 0 Å². The zero-order valence-corrected chi connectivity index (χ0v) is 16.8. The maximum absolute atomic E-state index is 13.1. The van der Waals surface area contributed by atoms with Crippen LogP contribution in [0.25, 0.3) is 10.2 Å². The molecule has 0 saturated heterocycles. The molecule has 0 saturated carbocycles. The van der Waals surface area contributed by atoms with Gasteiger partial charge in [0.1, 0.15) is 10.6 Å². The van der Waals surface area contributed by atoms with E-state index in [1.807, 2.05) is 17.7 Å². The molecular weight excluding hydrogens is 407 g/mol. The molecule has 0 atom stereocenters. The minimum atomic E-state index is -0.461. The number of hydrogen-bond acceptors (Lipinski definition) is 5. The van der Waals surface area contributed by atoms with Crippen LogP contribution in [0.2, 0.25) is 0 Å². The molecule has 4 rings (SSSR count). The number of hydrogen-bond donors (Lipinski definition) is 1. The Kier molecular flexibility index (Phi) is 5.28. The molecule has 0 fully saturated rings. The molecule has 4 aromatic rings. The van der Waals surface area contributed by atoms with Crippen LogP contribution in [0.3, 0.4) is 0 Å². The molecule has 1 N–H and O–H groups in total. The largest absolute Gasteiger partial charge is 0.347 e. The van der Waals surface area contributed by atoms with Gasteiger partial charge in [-0.25, -0.2) is 4.39 Å². The predicted molar refractivity (Wildman–Crippen MR) is 112 cm³/mol. The van der Waals surface area contributed by atoms with Gasteiger partial charge in [-0.3, -0.25) is 19.6 Å². The number of fused-ring (bicyclic) bond motifs is 1. The number of nitro groups is 1. The van der Waals surface area contributed by atoms with E-state index >= 15 is 0 Å². The van der Waals surface area contributed by atoms with E-state index in [1.54, 1.807) is 24.3 Å². The maximum atomic E-state index is 13.1. The average Bonchev–Trinajstić information content (AvgIpc) is 3.29. The quantitative estimate of drug-likeness (QED) is 0.366. The van der Waals surface area contributed by atoms with Crippen LogP contribution in [0.4, 0.5) is 10.1 Å². The van der Waals surface area contributed by atoms with Gasteiger partial charge < -0.3 is 5.32 Å². The smallest absolute Gasteiger partial charge is 0.269 e. The Morgan fingerprint density at radius 2 is 1.83 bits per heavy atom. The third-order valence-electron chi connectivity index (χ3n) is 4.68. The molecule has 1 amide bonds. The van der Waals surface area contributed by atoms with E-state index in [4.69, 9.17) is 0 Å². The number of carbonyl (C=O) groups is 1. The summed E-state index contributed by atoms with van der Waals surface area (Å²) in [4.78, 5) is 24.3. The van der Waals surface area contributed by atoms with Crippen molar-refractivity contribution in [1.29, 1.82) is 0 Å². The molecule has 2 aromatic carbocycles. The highest BCUT2D eigenvalue weighted by Gasteiger charge is 2.16. The lowest BCUT2D eigenvalue weighted by molar-refractivity contribution is -0.384. The van der Waals surface area contributed by atoms with E-state index in [-0.39, 0.29) is 24.0 Å². The molecule has 9 heteroatoms. The molecule has 0 aliphatic heterocycles. The Morgan fingerprint density at radius 3 is 2.50 bits per heavy atom. The molecule has 2 aromatic heterocycles. The third-order valence-corrected chi connectivity index (χ3v) is 5.82. The second-order valence-electron chi connectivity index (χ2n) is 6.81. The number of nitrogens with zero attached hydrogens (tertiary/aromatic N) is 3. The van der Waals surface area contributed by atoms with Crippen molar-refractivity contribution in [3.8, 4) is 0 Å². The number of benzene rings is 2. The van der Waals surface area contributed by atoms with Gasteiger partial charge in [-0.05, 0) is 36.2 Å². The molecule has 0 spiro atoms. The van der Waals surface area contributed by atoms with Crippen molar-refractivity contribution in [3.05, 3.63) is 92.2 Å². The Labute approximate surface area is 174 Å². The van der Waals surface area contributed by atoms with Gasteiger partial charge in [0, 0.05) is 24.1 Å². The van der Waals surface area contributed by atoms with Crippen LogP contribution in [0.5, 0.6) is 0 Å². The Balaban J connectivity index is 1.49. The van der Waals surface area contributed by atoms with Crippen molar-refractivity contribution in [2.24, 2.45) is 0 Å². The Bertz CT molecular complexity index is 1230. The lowest BCUT2D eigenvalue weighted by atomic mass is 10.2. The Morgan fingerprint density at radius 1 is 1.17 bits per heavy atom. The van der Waals surface area contributed by atoms with E-state index in [0.29, 0.717) is 11.4 Å². The molecule has 0 aliphatic rings. The highest BCUT2D eigenvalue weighted by Crippen LogP contribution is 2.29. The standard InChI is InChI=1S/C21H17FN4O3S/c1-13-18-10-19(20(27)23-11-14-4-8-17(9-5-14)26(28)29)30-21(18)25(24-13)12-15-2-6-16(22)7-3-15/h2-10H,11-12H2,1H3,(H,23,27). The zero-order chi connectivity index (χ0) is 21.3. The summed E-state index contributed by atoms with van der Waals surface area (Å²) < 4.78 is 14.9. The average molecular weight is 424 g/mol. The molecule has 30 heavy (non-hydrogen) atoms. The van der Waals surface area contributed by atoms with Gasteiger partial charge >= 0.3 is 0 Å².